The molecular weight excluding hydrogens is 378 g/mol. The maximum absolute atomic E-state index is 10.8. The number of carboxylic acid groups (broad SMARTS) is 1. The Morgan fingerprint density at radius 1 is 1.10 bits per heavy atom. The highest BCUT2D eigenvalue weighted by Gasteiger charge is 2.17. The molecule has 1 aliphatic heterocycles. The van der Waals surface area contributed by atoms with Gasteiger partial charge in [-0.15, -0.1) is 0 Å². The van der Waals surface area contributed by atoms with Crippen LogP contribution < -0.4 is 9.64 Å². The van der Waals surface area contributed by atoms with Gasteiger partial charge in [0.05, 0.1) is 0 Å². The Morgan fingerprint density at radius 3 is 2.70 bits per heavy atom. The third-order valence-electron chi connectivity index (χ3n) is 5.85. The fraction of sp³-hybridized carbons (Fsp3) is 0.375. The third-order valence-corrected chi connectivity index (χ3v) is 5.85. The number of rotatable bonds is 7. The summed E-state index contributed by atoms with van der Waals surface area (Å²) in [5, 5.41) is 9.85. The number of aromatic amines is 1. The SMILES string of the molecule is Cc1cccc(N2CCN(CCCCc3c[nH]c4ccc(OC(=O)O)cc34)CC2)c1. The maximum Gasteiger partial charge on any atom is 0.511 e. The van der Waals surface area contributed by atoms with Gasteiger partial charge in [0.2, 0.25) is 0 Å². The lowest BCUT2D eigenvalue weighted by molar-refractivity contribution is 0.144. The Balaban J connectivity index is 1.23. The number of anilines is 1. The van der Waals surface area contributed by atoms with E-state index in [1.165, 1.54) is 16.8 Å². The predicted octanol–water partition coefficient (Wildman–Crippen LogP) is 4.68. The van der Waals surface area contributed by atoms with Crippen molar-refractivity contribution < 1.29 is 14.6 Å². The molecule has 2 N–H and O–H groups in total. The van der Waals surface area contributed by atoms with Gasteiger partial charge >= 0.3 is 6.16 Å². The number of hydrogen-bond acceptors (Lipinski definition) is 4. The number of unbranched alkanes of at least 4 members (excludes halogenated alkanes) is 1. The molecule has 6 heteroatoms. The van der Waals surface area contributed by atoms with E-state index in [9.17, 15) is 4.79 Å². The smallest absolute Gasteiger partial charge is 0.449 e. The topological polar surface area (TPSA) is 68.8 Å². The van der Waals surface area contributed by atoms with Crippen molar-refractivity contribution in [3.8, 4) is 5.75 Å². The minimum Gasteiger partial charge on any atom is -0.449 e. The van der Waals surface area contributed by atoms with Gasteiger partial charge in [-0.25, -0.2) is 4.79 Å². The molecule has 1 fully saturated rings. The number of H-pyrrole nitrogens is 1. The maximum atomic E-state index is 10.8. The zero-order valence-electron chi connectivity index (χ0n) is 17.4. The summed E-state index contributed by atoms with van der Waals surface area (Å²) < 4.78 is 4.79. The van der Waals surface area contributed by atoms with Gasteiger partial charge in [0.15, 0.2) is 0 Å². The minimum absolute atomic E-state index is 0.363. The van der Waals surface area contributed by atoms with Crippen molar-refractivity contribution in [3.63, 3.8) is 0 Å². The third kappa shape index (κ3) is 4.94. The van der Waals surface area contributed by atoms with E-state index in [0.717, 1.165) is 62.9 Å². The number of carbonyl (C=O) groups is 1. The second-order valence-corrected chi connectivity index (χ2v) is 8.01. The molecule has 0 atom stereocenters. The Kier molecular flexibility index (Phi) is 6.23. The summed E-state index contributed by atoms with van der Waals surface area (Å²) in [6, 6.07) is 14.1. The van der Waals surface area contributed by atoms with Crippen molar-refractivity contribution in [3.05, 3.63) is 59.8 Å². The number of ether oxygens (including phenoxy) is 1. The van der Waals surface area contributed by atoms with E-state index in [0.29, 0.717) is 5.75 Å². The average Bonchev–Trinajstić information content (AvgIpc) is 3.13. The van der Waals surface area contributed by atoms with E-state index in [-0.39, 0.29) is 0 Å². The number of nitrogens with zero attached hydrogens (tertiary/aromatic N) is 2. The quantitative estimate of drug-likeness (QED) is 0.338. The van der Waals surface area contributed by atoms with E-state index in [2.05, 4.69) is 46.0 Å². The van der Waals surface area contributed by atoms with Gasteiger partial charge in [0.1, 0.15) is 5.75 Å². The molecule has 158 valence electrons. The zero-order chi connectivity index (χ0) is 20.9. The second kappa shape index (κ2) is 9.22. The van der Waals surface area contributed by atoms with Gasteiger partial charge in [0.25, 0.3) is 0 Å². The second-order valence-electron chi connectivity index (χ2n) is 8.01. The van der Waals surface area contributed by atoms with Crippen molar-refractivity contribution >= 4 is 22.7 Å². The molecule has 3 aromatic rings. The first-order valence-corrected chi connectivity index (χ1v) is 10.6. The van der Waals surface area contributed by atoms with Crippen LogP contribution in [0, 0.1) is 6.92 Å². The molecular formula is C24H29N3O3. The van der Waals surface area contributed by atoms with Gasteiger partial charge in [0, 0.05) is 49.0 Å². The Hall–Kier alpha value is -2.99. The van der Waals surface area contributed by atoms with Crippen molar-refractivity contribution in [2.75, 3.05) is 37.6 Å². The molecule has 0 spiro atoms. The van der Waals surface area contributed by atoms with Gasteiger partial charge in [-0.3, -0.25) is 4.90 Å². The summed E-state index contributed by atoms with van der Waals surface area (Å²) in [6.07, 6.45) is 3.97. The fourth-order valence-electron chi connectivity index (χ4n) is 4.23. The largest absolute Gasteiger partial charge is 0.511 e. The summed E-state index contributed by atoms with van der Waals surface area (Å²) in [4.78, 5) is 19.1. The molecule has 0 radical (unpaired) electrons. The average molecular weight is 408 g/mol. The van der Waals surface area contributed by atoms with E-state index in [1.54, 1.807) is 12.1 Å². The Labute approximate surface area is 177 Å². The van der Waals surface area contributed by atoms with Crippen molar-refractivity contribution in [1.82, 2.24) is 9.88 Å². The lowest BCUT2D eigenvalue weighted by Crippen LogP contribution is -2.46. The van der Waals surface area contributed by atoms with E-state index in [1.807, 2.05) is 12.3 Å². The Morgan fingerprint density at radius 2 is 1.93 bits per heavy atom. The van der Waals surface area contributed by atoms with Crippen LogP contribution in [0.2, 0.25) is 0 Å². The van der Waals surface area contributed by atoms with Crippen molar-refractivity contribution in [2.45, 2.75) is 26.2 Å². The summed E-state index contributed by atoms with van der Waals surface area (Å²) >= 11 is 0. The Bertz CT molecular complexity index is 1010. The van der Waals surface area contributed by atoms with Crippen LogP contribution in [-0.4, -0.2) is 53.9 Å². The number of fused-ring (bicyclic) bond motifs is 1. The summed E-state index contributed by atoms with van der Waals surface area (Å²) in [5.74, 6) is 0.363. The monoisotopic (exact) mass is 407 g/mol. The number of nitrogens with one attached hydrogen (secondary N) is 1. The van der Waals surface area contributed by atoms with Gasteiger partial charge in [-0.1, -0.05) is 12.1 Å². The molecule has 0 aliphatic carbocycles. The van der Waals surface area contributed by atoms with Crippen LogP contribution in [0.25, 0.3) is 10.9 Å². The summed E-state index contributed by atoms with van der Waals surface area (Å²) in [7, 11) is 0. The van der Waals surface area contributed by atoms with Crippen molar-refractivity contribution in [1.29, 1.82) is 0 Å². The first kappa shape index (κ1) is 20.3. The summed E-state index contributed by atoms with van der Waals surface area (Å²) in [6.45, 7) is 7.65. The standard InChI is InChI=1S/C24H29N3O3/c1-18-5-4-7-20(15-18)27-13-11-26(12-14-27)10-3-2-6-19-17-25-23-9-8-21(16-22(19)23)30-24(28)29/h4-5,7-9,15-17,25H,2-3,6,10-14H2,1H3,(H,28,29). The summed E-state index contributed by atoms with van der Waals surface area (Å²) in [5.41, 5.74) is 4.87. The fourth-order valence-corrected chi connectivity index (χ4v) is 4.23. The van der Waals surface area contributed by atoms with Crippen LogP contribution >= 0.6 is 0 Å². The number of piperazine rings is 1. The molecule has 0 amide bonds. The number of benzene rings is 2. The molecule has 0 unspecified atom stereocenters. The van der Waals surface area contributed by atoms with Gasteiger partial charge < -0.3 is 19.7 Å². The van der Waals surface area contributed by atoms with Crippen LogP contribution in [0.4, 0.5) is 10.5 Å². The van der Waals surface area contributed by atoms with E-state index >= 15 is 0 Å². The molecule has 30 heavy (non-hydrogen) atoms. The molecule has 0 bridgehead atoms. The molecule has 2 heterocycles. The van der Waals surface area contributed by atoms with Gasteiger partial charge in [-0.2, -0.15) is 0 Å². The molecule has 0 saturated carbocycles. The van der Waals surface area contributed by atoms with Crippen LogP contribution in [0.5, 0.6) is 5.75 Å². The molecule has 1 aliphatic rings. The van der Waals surface area contributed by atoms with Crippen LogP contribution in [-0.2, 0) is 6.42 Å². The van der Waals surface area contributed by atoms with E-state index in [4.69, 9.17) is 9.84 Å². The normalized spacial score (nSPS) is 14.9. The molecule has 6 nitrogen and oxygen atoms in total. The molecule has 4 rings (SSSR count). The van der Waals surface area contributed by atoms with Crippen LogP contribution in [0.3, 0.4) is 0 Å². The zero-order valence-corrected chi connectivity index (χ0v) is 17.4. The van der Waals surface area contributed by atoms with E-state index < -0.39 is 6.16 Å². The first-order chi connectivity index (χ1) is 14.6. The highest BCUT2D eigenvalue weighted by Crippen LogP contribution is 2.25. The van der Waals surface area contributed by atoms with Crippen LogP contribution in [0.1, 0.15) is 24.0 Å². The molecule has 1 aromatic heterocycles. The predicted molar refractivity (Wildman–Crippen MR) is 120 cm³/mol. The highest BCUT2D eigenvalue weighted by molar-refractivity contribution is 5.85. The number of hydrogen-bond donors (Lipinski definition) is 2. The first-order valence-electron chi connectivity index (χ1n) is 10.6. The van der Waals surface area contributed by atoms with Crippen LogP contribution in [0.15, 0.2) is 48.7 Å². The minimum atomic E-state index is -1.28. The molecule has 2 aromatic carbocycles. The molecule has 1 saturated heterocycles. The lowest BCUT2D eigenvalue weighted by Gasteiger charge is -2.36. The number of aromatic nitrogens is 1. The number of aryl methyl sites for hydroxylation is 2. The van der Waals surface area contributed by atoms with Crippen molar-refractivity contribution in [2.24, 2.45) is 0 Å². The highest BCUT2D eigenvalue weighted by atomic mass is 16.7. The van der Waals surface area contributed by atoms with Gasteiger partial charge in [-0.05, 0) is 74.2 Å². The lowest BCUT2D eigenvalue weighted by atomic mass is 10.1.